The Labute approximate surface area is 270 Å². The Morgan fingerprint density at radius 2 is 1.80 bits per heavy atom. The molecule has 0 saturated heterocycles. The molecule has 2 amide bonds. The predicted octanol–water partition coefficient (Wildman–Crippen LogP) is 5.60. The zero-order valence-electron chi connectivity index (χ0n) is 25.9. The fourth-order valence-corrected chi connectivity index (χ4v) is 7.32. The molecule has 0 saturated carbocycles. The number of esters is 1. The van der Waals surface area contributed by atoms with E-state index in [4.69, 9.17) is 9.47 Å². The molecule has 0 bridgehead atoms. The van der Waals surface area contributed by atoms with Gasteiger partial charge in [0, 0.05) is 4.88 Å². The lowest BCUT2D eigenvalue weighted by Gasteiger charge is -2.15. The molecular weight excluding hydrogens is 611 g/mol. The van der Waals surface area contributed by atoms with Crippen molar-refractivity contribution in [2.45, 2.75) is 64.6 Å². The highest BCUT2D eigenvalue weighted by molar-refractivity contribution is 7.99. The van der Waals surface area contributed by atoms with Crippen LogP contribution >= 0.6 is 23.1 Å². The van der Waals surface area contributed by atoms with Crippen LogP contribution in [0.5, 0.6) is 5.75 Å². The maximum atomic E-state index is 13.2. The monoisotopic (exact) mass is 647 g/mol. The zero-order valence-corrected chi connectivity index (χ0v) is 27.5. The van der Waals surface area contributed by atoms with E-state index in [1.165, 1.54) is 23.1 Å². The van der Waals surface area contributed by atoms with Crippen molar-refractivity contribution in [2.24, 2.45) is 0 Å². The molecule has 2 aromatic carbocycles. The lowest BCUT2D eigenvalue weighted by atomic mass is 9.95. The van der Waals surface area contributed by atoms with Crippen molar-refractivity contribution >= 4 is 45.9 Å². The molecule has 2 N–H and O–H groups in total. The molecule has 0 fully saturated rings. The quantitative estimate of drug-likeness (QED) is 0.151. The lowest BCUT2D eigenvalue weighted by molar-refractivity contribution is -0.120. The first kappa shape index (κ1) is 32.2. The van der Waals surface area contributed by atoms with E-state index in [-0.39, 0.29) is 37.1 Å². The van der Waals surface area contributed by atoms with Gasteiger partial charge in [-0.25, -0.2) is 4.79 Å². The number of aryl methyl sites for hydroxylation is 2. The number of hydrogen-bond acceptors (Lipinski definition) is 9. The van der Waals surface area contributed by atoms with Crippen LogP contribution in [0.4, 0.5) is 5.00 Å². The van der Waals surface area contributed by atoms with E-state index >= 15 is 0 Å². The van der Waals surface area contributed by atoms with Crippen LogP contribution in [-0.2, 0) is 40.1 Å². The smallest absolute Gasteiger partial charge is 0.341 e. The van der Waals surface area contributed by atoms with Gasteiger partial charge in [-0.1, -0.05) is 36.0 Å². The van der Waals surface area contributed by atoms with Crippen molar-refractivity contribution in [1.29, 1.82) is 0 Å². The number of anilines is 1. The van der Waals surface area contributed by atoms with E-state index in [9.17, 15) is 14.4 Å². The number of aromatic nitrogens is 3. The van der Waals surface area contributed by atoms with Crippen molar-refractivity contribution in [3.63, 3.8) is 0 Å². The van der Waals surface area contributed by atoms with Gasteiger partial charge in [-0.15, -0.1) is 21.5 Å². The van der Waals surface area contributed by atoms with Gasteiger partial charge in [-0.05, 0) is 86.9 Å². The SMILES string of the molecule is CCOC(=O)c1c(NC(=O)CSc2nnc(CNC(=O)Cc3ccc(OC)cc3)n2-c2cccc(C)c2C)sc2c1CCCC2. The Balaban J connectivity index is 1.32. The molecular formula is C33H37N5O5S2. The van der Waals surface area contributed by atoms with Gasteiger partial charge in [0.2, 0.25) is 11.8 Å². The minimum atomic E-state index is -0.395. The van der Waals surface area contributed by atoms with Gasteiger partial charge in [0.05, 0.1) is 43.7 Å². The summed E-state index contributed by atoms with van der Waals surface area (Å²) in [4.78, 5) is 40.0. The van der Waals surface area contributed by atoms with Gasteiger partial charge < -0.3 is 20.1 Å². The number of nitrogens with zero attached hydrogens (tertiary/aromatic N) is 3. The van der Waals surface area contributed by atoms with E-state index in [0.717, 1.165) is 64.3 Å². The standard InChI is InChI=1S/C33H37N5O5S2/c1-5-43-32(41)30-24-10-6-7-12-26(24)45-31(30)35-29(40)19-44-33-37-36-27(38(33)25-11-8-9-20(2)21(25)3)18-34-28(39)17-22-13-15-23(42-4)16-14-22/h8-9,11,13-16H,5-7,10,12,17-19H2,1-4H3,(H,34,39)(H,35,40). The highest BCUT2D eigenvalue weighted by Crippen LogP contribution is 2.39. The largest absolute Gasteiger partial charge is 0.497 e. The molecule has 5 rings (SSSR count). The molecule has 1 aliphatic carbocycles. The second-order valence-electron chi connectivity index (χ2n) is 10.7. The van der Waals surface area contributed by atoms with E-state index in [1.807, 2.05) is 60.9 Å². The Kier molecular flexibility index (Phi) is 10.6. The molecule has 236 valence electrons. The van der Waals surface area contributed by atoms with Crippen LogP contribution in [0.3, 0.4) is 0 Å². The van der Waals surface area contributed by atoms with E-state index in [0.29, 0.717) is 21.5 Å². The van der Waals surface area contributed by atoms with Crippen molar-refractivity contribution in [2.75, 3.05) is 24.8 Å². The first-order valence-electron chi connectivity index (χ1n) is 14.9. The molecule has 2 aromatic heterocycles. The third kappa shape index (κ3) is 7.56. The van der Waals surface area contributed by atoms with E-state index in [1.54, 1.807) is 14.0 Å². The van der Waals surface area contributed by atoms with Crippen LogP contribution < -0.4 is 15.4 Å². The zero-order chi connectivity index (χ0) is 31.9. The molecule has 0 unspecified atom stereocenters. The van der Waals surface area contributed by atoms with Crippen molar-refractivity contribution in [3.8, 4) is 11.4 Å². The molecule has 12 heteroatoms. The average Bonchev–Trinajstić information content (AvgIpc) is 3.61. The maximum absolute atomic E-state index is 13.2. The molecule has 0 atom stereocenters. The number of methoxy groups -OCH3 is 1. The third-order valence-electron chi connectivity index (χ3n) is 7.72. The molecule has 0 aliphatic heterocycles. The number of rotatable bonds is 12. The van der Waals surface area contributed by atoms with Gasteiger partial charge in [0.15, 0.2) is 11.0 Å². The van der Waals surface area contributed by atoms with E-state index in [2.05, 4.69) is 20.8 Å². The number of thioether (sulfide) groups is 1. The van der Waals surface area contributed by atoms with Crippen molar-refractivity contribution in [3.05, 3.63) is 81.0 Å². The summed E-state index contributed by atoms with van der Waals surface area (Å²) >= 11 is 2.71. The molecule has 45 heavy (non-hydrogen) atoms. The Bertz CT molecular complexity index is 1700. The summed E-state index contributed by atoms with van der Waals surface area (Å²) in [6.45, 7) is 6.25. The normalized spacial score (nSPS) is 12.4. The van der Waals surface area contributed by atoms with Gasteiger partial charge in [0.1, 0.15) is 10.8 Å². The van der Waals surface area contributed by atoms with Crippen LogP contribution in [0.2, 0.25) is 0 Å². The summed E-state index contributed by atoms with van der Waals surface area (Å²) in [6, 6.07) is 13.3. The summed E-state index contributed by atoms with van der Waals surface area (Å²) in [5.41, 5.74) is 5.36. The number of fused-ring (bicyclic) bond motifs is 1. The Morgan fingerprint density at radius 3 is 2.56 bits per heavy atom. The fourth-order valence-electron chi connectivity index (χ4n) is 5.26. The Morgan fingerprint density at radius 1 is 1.02 bits per heavy atom. The van der Waals surface area contributed by atoms with Gasteiger partial charge in [-0.2, -0.15) is 0 Å². The second kappa shape index (κ2) is 14.7. The Hall–Kier alpha value is -4.16. The van der Waals surface area contributed by atoms with Crippen molar-refractivity contribution < 1.29 is 23.9 Å². The number of nitrogens with one attached hydrogen (secondary N) is 2. The van der Waals surface area contributed by atoms with Crippen LogP contribution in [0.1, 0.15) is 63.1 Å². The molecule has 10 nitrogen and oxygen atoms in total. The molecule has 2 heterocycles. The number of ether oxygens (including phenoxy) is 2. The molecule has 4 aromatic rings. The number of thiophene rings is 1. The highest BCUT2D eigenvalue weighted by atomic mass is 32.2. The van der Waals surface area contributed by atoms with Gasteiger partial charge in [0.25, 0.3) is 0 Å². The molecule has 1 aliphatic rings. The predicted molar refractivity (Wildman–Crippen MR) is 176 cm³/mol. The summed E-state index contributed by atoms with van der Waals surface area (Å²) in [7, 11) is 1.60. The minimum Gasteiger partial charge on any atom is -0.497 e. The highest BCUT2D eigenvalue weighted by Gasteiger charge is 2.27. The number of amides is 2. The van der Waals surface area contributed by atoms with Crippen LogP contribution in [0.25, 0.3) is 5.69 Å². The average molecular weight is 648 g/mol. The summed E-state index contributed by atoms with van der Waals surface area (Å²) < 4.78 is 12.4. The number of carbonyl (C=O) groups is 3. The second-order valence-corrected chi connectivity index (χ2v) is 12.8. The third-order valence-corrected chi connectivity index (χ3v) is 9.86. The lowest BCUT2D eigenvalue weighted by Crippen LogP contribution is -2.26. The molecule has 0 spiro atoms. The van der Waals surface area contributed by atoms with Crippen LogP contribution in [0.15, 0.2) is 47.6 Å². The molecule has 0 radical (unpaired) electrons. The number of benzene rings is 2. The van der Waals surface area contributed by atoms with E-state index < -0.39 is 5.97 Å². The van der Waals surface area contributed by atoms with Crippen LogP contribution in [-0.4, -0.2) is 52.0 Å². The summed E-state index contributed by atoms with van der Waals surface area (Å²) in [5, 5.41) is 15.8. The van der Waals surface area contributed by atoms with Gasteiger partial charge >= 0.3 is 5.97 Å². The number of carbonyl (C=O) groups excluding carboxylic acids is 3. The van der Waals surface area contributed by atoms with Crippen molar-refractivity contribution in [1.82, 2.24) is 20.1 Å². The van der Waals surface area contributed by atoms with Crippen LogP contribution in [0, 0.1) is 13.8 Å². The fraction of sp³-hybridized carbons (Fsp3) is 0.364. The van der Waals surface area contributed by atoms with Gasteiger partial charge in [-0.3, -0.25) is 14.2 Å². The summed E-state index contributed by atoms with van der Waals surface area (Å²) in [5.74, 6) is 0.527. The number of hydrogen-bond donors (Lipinski definition) is 2. The first-order valence-corrected chi connectivity index (χ1v) is 16.7. The maximum Gasteiger partial charge on any atom is 0.341 e. The summed E-state index contributed by atoms with van der Waals surface area (Å²) in [6.07, 6.45) is 4.00. The first-order chi connectivity index (χ1) is 21.8. The topological polar surface area (TPSA) is 124 Å². The minimum absolute atomic E-state index is 0.0532.